The van der Waals surface area contributed by atoms with Gasteiger partial charge in [0.05, 0.1) is 0 Å². The van der Waals surface area contributed by atoms with Crippen LogP contribution in [0, 0.1) is 0 Å². The van der Waals surface area contributed by atoms with E-state index < -0.39 is 5.54 Å². The van der Waals surface area contributed by atoms with E-state index in [0.29, 0.717) is 37.4 Å². The number of rotatable bonds is 3. The fourth-order valence-electron chi connectivity index (χ4n) is 4.11. The van der Waals surface area contributed by atoms with Gasteiger partial charge in [-0.15, -0.1) is 0 Å². The Morgan fingerprint density at radius 3 is 2.86 bits per heavy atom. The van der Waals surface area contributed by atoms with Gasteiger partial charge in [-0.25, -0.2) is 14.3 Å². The molecule has 2 amide bonds. The Kier molecular flexibility index (Phi) is 3.78. The van der Waals surface area contributed by atoms with Crippen LogP contribution < -0.4 is 0 Å². The monoisotopic (exact) mass is 377 g/mol. The van der Waals surface area contributed by atoms with Gasteiger partial charge in [-0.1, -0.05) is 30.3 Å². The smallest absolute Gasteiger partial charge is 0.410 e. The van der Waals surface area contributed by atoms with Gasteiger partial charge in [0.15, 0.2) is 11.3 Å². The van der Waals surface area contributed by atoms with Crippen LogP contribution in [0.25, 0.3) is 5.65 Å². The van der Waals surface area contributed by atoms with Crippen molar-refractivity contribution in [1.82, 2.24) is 24.4 Å². The van der Waals surface area contributed by atoms with Gasteiger partial charge >= 0.3 is 6.09 Å². The zero-order valence-electron chi connectivity index (χ0n) is 15.2. The van der Waals surface area contributed by atoms with Crippen LogP contribution in [0.3, 0.4) is 0 Å². The summed E-state index contributed by atoms with van der Waals surface area (Å²) in [6, 6.07) is 13.4. The number of hydrogen-bond acceptors (Lipinski definition) is 5. The fraction of sp³-hybridized carbons (Fsp3) is 0.300. The van der Waals surface area contributed by atoms with Crippen molar-refractivity contribution in [2.75, 3.05) is 26.2 Å². The van der Waals surface area contributed by atoms with Crippen molar-refractivity contribution in [1.29, 1.82) is 0 Å². The summed E-state index contributed by atoms with van der Waals surface area (Å²) in [6.45, 7) is 1.58. The summed E-state index contributed by atoms with van der Waals surface area (Å²) in [5.41, 5.74) is 1.54. The molecule has 2 saturated heterocycles. The Balaban J connectivity index is 1.44. The number of ether oxygens (including phenoxy) is 1. The van der Waals surface area contributed by atoms with E-state index in [1.165, 1.54) is 0 Å². The van der Waals surface area contributed by atoms with E-state index in [0.717, 1.165) is 5.56 Å². The molecule has 0 bridgehead atoms. The van der Waals surface area contributed by atoms with Crippen molar-refractivity contribution in [3.8, 4) is 0 Å². The van der Waals surface area contributed by atoms with E-state index in [9.17, 15) is 9.59 Å². The highest BCUT2D eigenvalue weighted by Gasteiger charge is 2.51. The van der Waals surface area contributed by atoms with Crippen molar-refractivity contribution in [2.24, 2.45) is 0 Å². The van der Waals surface area contributed by atoms with E-state index in [4.69, 9.17) is 4.74 Å². The lowest BCUT2D eigenvalue weighted by Crippen LogP contribution is -2.63. The highest BCUT2D eigenvalue weighted by Crippen LogP contribution is 2.32. The van der Waals surface area contributed by atoms with Crippen LogP contribution in [0.4, 0.5) is 4.79 Å². The number of fused-ring (bicyclic) bond motifs is 2. The van der Waals surface area contributed by atoms with Gasteiger partial charge in [-0.05, 0) is 11.6 Å². The molecule has 5 rings (SSSR count). The third-order valence-electron chi connectivity index (χ3n) is 5.45. The number of cyclic esters (lactones) is 1. The van der Waals surface area contributed by atoms with Crippen molar-refractivity contribution in [3.63, 3.8) is 0 Å². The standard InChI is InChI=1S/C20H19N5O3/c26-18(16-11-17-21-7-4-8-25(17)22-16)23-9-10-24-19(27)28-14-20(24,13-23)12-15-5-2-1-3-6-15/h1-8,11H,9-10,12-14H2. The Morgan fingerprint density at radius 1 is 1.18 bits per heavy atom. The molecule has 28 heavy (non-hydrogen) atoms. The van der Waals surface area contributed by atoms with E-state index in [2.05, 4.69) is 10.1 Å². The first-order chi connectivity index (χ1) is 13.6. The maximum atomic E-state index is 13.1. The lowest BCUT2D eigenvalue weighted by molar-refractivity contribution is 0.0371. The molecule has 2 aliphatic rings. The summed E-state index contributed by atoms with van der Waals surface area (Å²) in [5, 5.41) is 4.35. The number of amides is 2. The van der Waals surface area contributed by atoms with E-state index in [1.807, 2.05) is 30.3 Å². The average Bonchev–Trinajstić information content (AvgIpc) is 3.29. The molecule has 0 radical (unpaired) electrons. The molecule has 2 fully saturated rings. The zero-order valence-corrected chi connectivity index (χ0v) is 15.2. The number of carbonyl (C=O) groups excluding carboxylic acids is 2. The van der Waals surface area contributed by atoms with Gasteiger partial charge in [0, 0.05) is 44.5 Å². The van der Waals surface area contributed by atoms with Gasteiger partial charge in [-0.3, -0.25) is 9.69 Å². The van der Waals surface area contributed by atoms with E-state index in [1.54, 1.807) is 38.8 Å². The van der Waals surface area contributed by atoms with Crippen molar-refractivity contribution < 1.29 is 14.3 Å². The summed E-state index contributed by atoms with van der Waals surface area (Å²) in [7, 11) is 0. The van der Waals surface area contributed by atoms with Crippen LogP contribution >= 0.6 is 0 Å². The van der Waals surface area contributed by atoms with E-state index in [-0.39, 0.29) is 18.6 Å². The second-order valence-corrected chi connectivity index (χ2v) is 7.27. The van der Waals surface area contributed by atoms with Crippen molar-refractivity contribution >= 4 is 17.6 Å². The topological polar surface area (TPSA) is 80.0 Å². The minimum Gasteiger partial charge on any atom is -0.447 e. The quantitative estimate of drug-likeness (QED) is 0.693. The fourth-order valence-corrected chi connectivity index (χ4v) is 4.11. The Labute approximate surface area is 161 Å². The molecule has 1 atom stereocenters. The number of benzene rings is 1. The molecule has 1 unspecified atom stereocenters. The summed E-state index contributed by atoms with van der Waals surface area (Å²) in [5.74, 6) is -0.156. The third-order valence-corrected chi connectivity index (χ3v) is 5.45. The molecule has 142 valence electrons. The van der Waals surface area contributed by atoms with Crippen LogP contribution in [-0.2, 0) is 11.2 Å². The predicted molar refractivity (Wildman–Crippen MR) is 99.8 cm³/mol. The average molecular weight is 377 g/mol. The summed E-state index contributed by atoms with van der Waals surface area (Å²) in [4.78, 5) is 33.1. The number of nitrogens with zero attached hydrogens (tertiary/aromatic N) is 5. The number of piperazine rings is 1. The Hall–Kier alpha value is -3.42. The molecule has 2 aliphatic heterocycles. The molecule has 3 aromatic rings. The molecule has 1 aromatic carbocycles. The van der Waals surface area contributed by atoms with Gasteiger partial charge < -0.3 is 9.64 Å². The van der Waals surface area contributed by atoms with E-state index >= 15 is 0 Å². The largest absolute Gasteiger partial charge is 0.447 e. The van der Waals surface area contributed by atoms with Gasteiger partial charge in [0.2, 0.25) is 0 Å². The van der Waals surface area contributed by atoms with Crippen molar-refractivity contribution in [2.45, 2.75) is 12.0 Å². The summed E-state index contributed by atoms with van der Waals surface area (Å²) in [6.07, 6.45) is 3.76. The first-order valence-corrected chi connectivity index (χ1v) is 9.23. The number of carbonyl (C=O) groups is 2. The van der Waals surface area contributed by atoms with Crippen molar-refractivity contribution in [3.05, 3.63) is 66.1 Å². The van der Waals surface area contributed by atoms with Crippen LogP contribution in [-0.4, -0.2) is 68.2 Å². The van der Waals surface area contributed by atoms with Gasteiger partial charge in [0.1, 0.15) is 12.1 Å². The third kappa shape index (κ3) is 2.69. The lowest BCUT2D eigenvalue weighted by Gasteiger charge is -2.44. The highest BCUT2D eigenvalue weighted by atomic mass is 16.6. The van der Waals surface area contributed by atoms with Crippen LogP contribution in [0.15, 0.2) is 54.9 Å². The highest BCUT2D eigenvalue weighted by molar-refractivity contribution is 5.93. The number of hydrogen-bond donors (Lipinski definition) is 0. The first-order valence-electron chi connectivity index (χ1n) is 9.23. The van der Waals surface area contributed by atoms with Gasteiger partial charge in [0.25, 0.3) is 5.91 Å². The Bertz CT molecular complexity index is 1020. The molecule has 4 heterocycles. The molecule has 8 heteroatoms. The molecule has 0 spiro atoms. The first kappa shape index (κ1) is 16.7. The molecular formula is C20H19N5O3. The normalized spacial score (nSPS) is 21.6. The summed E-state index contributed by atoms with van der Waals surface area (Å²) < 4.78 is 6.97. The molecule has 8 nitrogen and oxygen atoms in total. The van der Waals surface area contributed by atoms with Gasteiger partial charge in [-0.2, -0.15) is 5.10 Å². The number of aromatic nitrogens is 3. The molecule has 0 N–H and O–H groups in total. The Morgan fingerprint density at radius 2 is 2.04 bits per heavy atom. The van der Waals surface area contributed by atoms with Crippen LogP contribution in [0.2, 0.25) is 0 Å². The van der Waals surface area contributed by atoms with Crippen LogP contribution in [0.5, 0.6) is 0 Å². The zero-order chi connectivity index (χ0) is 19.1. The minimum atomic E-state index is -0.552. The SMILES string of the molecule is O=C(c1cc2ncccn2n1)N1CCN2C(=O)OCC2(Cc2ccccc2)C1. The maximum Gasteiger partial charge on any atom is 0.410 e. The van der Waals surface area contributed by atoms with Crippen LogP contribution in [0.1, 0.15) is 16.1 Å². The molecular weight excluding hydrogens is 358 g/mol. The molecule has 0 saturated carbocycles. The maximum absolute atomic E-state index is 13.1. The lowest BCUT2D eigenvalue weighted by atomic mass is 9.88. The minimum absolute atomic E-state index is 0.156. The predicted octanol–water partition coefficient (Wildman–Crippen LogP) is 1.62. The molecule has 2 aromatic heterocycles. The second-order valence-electron chi connectivity index (χ2n) is 7.27. The summed E-state index contributed by atoms with van der Waals surface area (Å²) >= 11 is 0. The molecule has 0 aliphatic carbocycles. The second kappa shape index (κ2) is 6.33.